The molecule has 2 aromatic carbocycles. The highest BCUT2D eigenvalue weighted by molar-refractivity contribution is 7.80. The number of ether oxygens (including phenoxy) is 1. The van der Waals surface area contributed by atoms with Gasteiger partial charge in [-0.1, -0.05) is 41.9 Å². The number of hydrogen-bond acceptors (Lipinski definition) is 4. The number of benzene rings is 2. The number of halogens is 4. The maximum Gasteiger partial charge on any atom is 0.417 e. The molecular weight excluding hydrogens is 481 g/mol. The van der Waals surface area contributed by atoms with E-state index in [0.717, 1.165) is 22.6 Å². The average molecular weight is 499 g/mol. The van der Waals surface area contributed by atoms with Crippen molar-refractivity contribution < 1.29 is 22.7 Å². The van der Waals surface area contributed by atoms with Crippen LogP contribution in [0.1, 0.15) is 33.3 Å². The minimum Gasteiger partial charge on any atom is -0.462 e. The molecule has 0 aliphatic carbocycles. The van der Waals surface area contributed by atoms with Crippen LogP contribution in [0.15, 0.2) is 54.6 Å². The summed E-state index contributed by atoms with van der Waals surface area (Å²) in [5, 5.41) is 5.67. The van der Waals surface area contributed by atoms with Crippen LogP contribution in [0.25, 0.3) is 0 Å². The first kappa shape index (κ1) is 24.0. The van der Waals surface area contributed by atoms with Crippen LogP contribution in [0.5, 0.6) is 0 Å². The summed E-state index contributed by atoms with van der Waals surface area (Å²) in [5.74, 6) is -0.515. The van der Waals surface area contributed by atoms with Gasteiger partial charge in [0.25, 0.3) is 0 Å². The molecule has 3 aromatic rings. The number of alkyl halides is 3. The fourth-order valence-corrected chi connectivity index (χ4v) is 4.46. The van der Waals surface area contributed by atoms with Crippen molar-refractivity contribution in [2.24, 2.45) is 0 Å². The predicted molar refractivity (Wildman–Crippen MR) is 126 cm³/mol. The molecule has 0 saturated carbocycles. The Bertz CT molecular complexity index is 1120. The quantitative estimate of drug-likeness (QED) is 0.283. The highest BCUT2D eigenvalue weighted by Crippen LogP contribution is 2.36. The van der Waals surface area contributed by atoms with Crippen LogP contribution in [0.4, 0.5) is 23.9 Å². The summed E-state index contributed by atoms with van der Waals surface area (Å²) >= 11 is 12.2. The number of thiophene rings is 1. The van der Waals surface area contributed by atoms with E-state index in [-0.39, 0.29) is 17.4 Å². The first-order valence-corrected chi connectivity index (χ1v) is 11.1. The Hall–Kier alpha value is -2.62. The smallest absolute Gasteiger partial charge is 0.417 e. The summed E-state index contributed by atoms with van der Waals surface area (Å²) in [6.45, 7) is 1.91. The third kappa shape index (κ3) is 6.21. The first-order valence-electron chi connectivity index (χ1n) is 9.46. The van der Waals surface area contributed by atoms with Gasteiger partial charge >= 0.3 is 12.1 Å². The van der Waals surface area contributed by atoms with E-state index >= 15 is 0 Å². The van der Waals surface area contributed by atoms with E-state index in [2.05, 4.69) is 10.6 Å². The summed E-state index contributed by atoms with van der Waals surface area (Å²) in [5.41, 5.74) is 0.509. The van der Waals surface area contributed by atoms with E-state index in [0.29, 0.717) is 17.0 Å². The molecule has 2 N–H and O–H groups in total. The highest BCUT2D eigenvalue weighted by Gasteiger charge is 2.33. The number of esters is 1. The van der Waals surface area contributed by atoms with Crippen molar-refractivity contribution in [3.8, 4) is 0 Å². The van der Waals surface area contributed by atoms with Gasteiger partial charge in [0.05, 0.1) is 22.8 Å². The van der Waals surface area contributed by atoms with Gasteiger partial charge in [-0.25, -0.2) is 4.79 Å². The molecule has 168 valence electrons. The molecule has 0 atom stereocenters. The molecule has 3 rings (SSSR count). The lowest BCUT2D eigenvalue weighted by Crippen LogP contribution is -2.20. The zero-order chi connectivity index (χ0) is 23.3. The number of nitrogens with one attached hydrogen (secondary N) is 2. The molecule has 0 unspecified atom stereocenters. The van der Waals surface area contributed by atoms with Gasteiger partial charge in [0.1, 0.15) is 5.00 Å². The second-order valence-electron chi connectivity index (χ2n) is 6.61. The number of hydrogen-bond donors (Lipinski definition) is 2. The highest BCUT2D eigenvalue weighted by atomic mass is 35.5. The largest absolute Gasteiger partial charge is 0.462 e. The molecule has 0 amide bonds. The average Bonchev–Trinajstić information content (AvgIpc) is 3.11. The molecule has 1 heterocycles. The topological polar surface area (TPSA) is 50.4 Å². The zero-order valence-electron chi connectivity index (χ0n) is 16.8. The van der Waals surface area contributed by atoms with Crippen LogP contribution in [-0.4, -0.2) is 17.7 Å². The Morgan fingerprint density at radius 3 is 2.50 bits per heavy atom. The second kappa shape index (κ2) is 10.3. The number of carbonyl (C=O) groups excluding carboxylic acids is 1. The van der Waals surface area contributed by atoms with Crippen molar-refractivity contribution in [3.05, 3.63) is 81.2 Å². The molecule has 1 aromatic heterocycles. The molecule has 10 heteroatoms. The van der Waals surface area contributed by atoms with Crippen LogP contribution < -0.4 is 10.6 Å². The standard InChI is InChI=1S/C22H18ClF3N2O2S2/c1-2-30-20(29)16-12-15(10-13-6-4-3-5-7-13)32-19(16)28-21(31)27-14-8-9-18(23)17(11-14)22(24,25)26/h3-9,11-12H,2,10H2,1H3,(H2,27,28,31). The molecule has 0 aliphatic rings. The van der Waals surface area contributed by atoms with Gasteiger partial charge in [0, 0.05) is 17.0 Å². The minimum atomic E-state index is -4.60. The third-order valence-corrected chi connectivity index (χ3v) is 5.84. The van der Waals surface area contributed by atoms with Crippen LogP contribution in [0, 0.1) is 0 Å². The summed E-state index contributed by atoms with van der Waals surface area (Å²) in [6, 6.07) is 14.8. The van der Waals surface area contributed by atoms with Crippen LogP contribution in [0.3, 0.4) is 0 Å². The molecule has 0 aliphatic heterocycles. The molecule has 0 radical (unpaired) electrons. The SMILES string of the molecule is CCOC(=O)c1cc(Cc2ccccc2)sc1NC(=S)Nc1ccc(Cl)c(C(F)(F)F)c1. The van der Waals surface area contributed by atoms with E-state index in [1.54, 1.807) is 13.0 Å². The van der Waals surface area contributed by atoms with E-state index in [9.17, 15) is 18.0 Å². The van der Waals surface area contributed by atoms with Crippen molar-refractivity contribution >= 4 is 56.9 Å². The third-order valence-electron chi connectivity index (χ3n) is 4.26. The van der Waals surface area contributed by atoms with Crippen molar-refractivity contribution in [1.82, 2.24) is 0 Å². The van der Waals surface area contributed by atoms with Gasteiger partial charge in [0.2, 0.25) is 0 Å². The van der Waals surface area contributed by atoms with Crippen molar-refractivity contribution in [2.45, 2.75) is 19.5 Å². The molecule has 32 heavy (non-hydrogen) atoms. The van der Waals surface area contributed by atoms with Crippen molar-refractivity contribution in [3.63, 3.8) is 0 Å². The summed E-state index contributed by atoms with van der Waals surface area (Å²) in [4.78, 5) is 13.3. The lowest BCUT2D eigenvalue weighted by Gasteiger charge is -2.14. The van der Waals surface area contributed by atoms with Gasteiger partial charge in [-0.2, -0.15) is 13.2 Å². The molecule has 0 spiro atoms. The number of rotatable bonds is 6. The normalized spacial score (nSPS) is 11.2. The molecule has 0 bridgehead atoms. The monoisotopic (exact) mass is 498 g/mol. The van der Waals surface area contributed by atoms with Gasteiger partial charge in [-0.15, -0.1) is 11.3 Å². The Balaban J connectivity index is 1.80. The van der Waals surface area contributed by atoms with E-state index in [1.807, 2.05) is 30.3 Å². The predicted octanol–water partition coefficient (Wildman–Crippen LogP) is 7.00. The maximum absolute atomic E-state index is 13.1. The number of anilines is 2. The fourth-order valence-electron chi connectivity index (χ4n) is 2.87. The van der Waals surface area contributed by atoms with E-state index < -0.39 is 22.7 Å². The Morgan fingerprint density at radius 2 is 1.84 bits per heavy atom. The molecule has 4 nitrogen and oxygen atoms in total. The minimum absolute atomic E-state index is 0.0270. The summed E-state index contributed by atoms with van der Waals surface area (Å²) in [6.07, 6.45) is -3.99. The van der Waals surface area contributed by atoms with Crippen LogP contribution in [0.2, 0.25) is 5.02 Å². The van der Waals surface area contributed by atoms with Crippen molar-refractivity contribution in [2.75, 3.05) is 17.2 Å². The van der Waals surface area contributed by atoms with Gasteiger partial charge < -0.3 is 15.4 Å². The number of thiocarbonyl (C=S) groups is 1. The first-order chi connectivity index (χ1) is 15.2. The zero-order valence-corrected chi connectivity index (χ0v) is 19.1. The van der Waals surface area contributed by atoms with Gasteiger partial charge in [0.15, 0.2) is 5.11 Å². The van der Waals surface area contributed by atoms with Crippen molar-refractivity contribution in [1.29, 1.82) is 0 Å². The molecular formula is C22H18ClF3N2O2S2. The summed E-state index contributed by atoms with van der Waals surface area (Å²) in [7, 11) is 0. The fraction of sp³-hybridized carbons (Fsp3) is 0.182. The number of carbonyl (C=O) groups is 1. The Morgan fingerprint density at radius 1 is 1.12 bits per heavy atom. The Labute approximate surface area is 197 Å². The summed E-state index contributed by atoms with van der Waals surface area (Å²) < 4.78 is 44.4. The second-order valence-corrected chi connectivity index (χ2v) is 8.56. The maximum atomic E-state index is 13.1. The van der Waals surface area contributed by atoms with E-state index in [1.165, 1.54) is 17.4 Å². The van der Waals surface area contributed by atoms with Gasteiger partial charge in [-0.3, -0.25) is 0 Å². The Kier molecular flexibility index (Phi) is 7.76. The lowest BCUT2D eigenvalue weighted by atomic mass is 10.1. The van der Waals surface area contributed by atoms with Crippen LogP contribution >= 0.6 is 35.2 Å². The van der Waals surface area contributed by atoms with Gasteiger partial charge in [-0.05, 0) is 49.0 Å². The van der Waals surface area contributed by atoms with E-state index in [4.69, 9.17) is 28.6 Å². The lowest BCUT2D eigenvalue weighted by molar-refractivity contribution is -0.137. The molecule has 0 saturated heterocycles. The molecule has 0 fully saturated rings. The van der Waals surface area contributed by atoms with Crippen LogP contribution in [-0.2, 0) is 17.3 Å².